The summed E-state index contributed by atoms with van der Waals surface area (Å²) >= 11 is 0. The molecule has 0 radical (unpaired) electrons. The van der Waals surface area contributed by atoms with Crippen LogP contribution in [0, 0.1) is 0 Å². The van der Waals surface area contributed by atoms with Crippen molar-refractivity contribution in [3.05, 3.63) is 29.6 Å². The first-order valence-electron chi connectivity index (χ1n) is 5.61. The van der Waals surface area contributed by atoms with Crippen molar-refractivity contribution in [3.63, 3.8) is 0 Å². The molecule has 0 aliphatic rings. The summed E-state index contributed by atoms with van der Waals surface area (Å²) in [6.45, 7) is 0.991. The van der Waals surface area contributed by atoms with Crippen molar-refractivity contribution < 1.29 is 27.8 Å². The zero-order valence-electron chi connectivity index (χ0n) is 10.6. The second kappa shape index (κ2) is 4.69. The van der Waals surface area contributed by atoms with E-state index >= 15 is 0 Å². The minimum absolute atomic E-state index is 0.00796. The van der Waals surface area contributed by atoms with Crippen molar-refractivity contribution in [1.82, 2.24) is 9.61 Å². The van der Waals surface area contributed by atoms with Gasteiger partial charge in [0.2, 0.25) is 0 Å². The molecule has 0 saturated heterocycles. The smallest absolute Gasteiger partial charge is 0.395 e. The third-order valence-electron chi connectivity index (χ3n) is 3.06. The Kier molecular flexibility index (Phi) is 3.33. The van der Waals surface area contributed by atoms with E-state index in [0.29, 0.717) is 0 Å². The Hall–Kier alpha value is -2.25. The van der Waals surface area contributed by atoms with Gasteiger partial charge in [0.25, 0.3) is 0 Å². The molecule has 0 aliphatic carbocycles. The summed E-state index contributed by atoms with van der Waals surface area (Å²) in [6.07, 6.45) is -2.10. The molecule has 2 rings (SSSR count). The number of aromatic carboxylic acids is 1. The first-order valence-corrected chi connectivity index (χ1v) is 5.61. The number of hydrogen-bond donors (Lipinski definition) is 1. The number of rotatable bonds is 3. The molecule has 2 heterocycles. The molecule has 0 amide bonds. The van der Waals surface area contributed by atoms with E-state index in [1.165, 1.54) is 23.9 Å². The van der Waals surface area contributed by atoms with E-state index in [9.17, 15) is 18.0 Å². The number of carbonyl (C=O) groups is 1. The first kappa shape index (κ1) is 14.2. The Bertz CT molecular complexity index is 664. The van der Waals surface area contributed by atoms with Crippen LogP contribution < -0.4 is 4.74 Å². The van der Waals surface area contributed by atoms with Crippen LogP contribution in [-0.4, -0.2) is 34.0 Å². The molecule has 0 spiro atoms. The number of methoxy groups -OCH3 is 1. The number of alkyl halides is 3. The highest BCUT2D eigenvalue weighted by atomic mass is 19.4. The summed E-state index contributed by atoms with van der Waals surface area (Å²) in [4.78, 5) is 11.1. The van der Waals surface area contributed by atoms with Crippen molar-refractivity contribution >= 4 is 11.5 Å². The maximum absolute atomic E-state index is 12.8. The van der Waals surface area contributed by atoms with Gasteiger partial charge in [-0.1, -0.05) is 0 Å². The van der Waals surface area contributed by atoms with Gasteiger partial charge in [-0.2, -0.15) is 18.3 Å². The van der Waals surface area contributed by atoms with Crippen LogP contribution in [0.25, 0.3) is 5.52 Å². The van der Waals surface area contributed by atoms with Gasteiger partial charge in [0.15, 0.2) is 0 Å². The topological polar surface area (TPSA) is 63.8 Å². The number of aromatic nitrogens is 2. The van der Waals surface area contributed by atoms with E-state index in [1.54, 1.807) is 0 Å². The predicted octanol–water partition coefficient (Wildman–Crippen LogP) is 2.71. The summed E-state index contributed by atoms with van der Waals surface area (Å²) in [7, 11) is 1.19. The number of ether oxygens (including phenoxy) is 1. The minimum atomic E-state index is -4.45. The Morgan fingerprint density at radius 3 is 2.65 bits per heavy atom. The predicted molar refractivity (Wildman–Crippen MR) is 63.2 cm³/mol. The molecule has 0 fully saturated rings. The maximum atomic E-state index is 12.8. The third-order valence-corrected chi connectivity index (χ3v) is 3.06. The van der Waals surface area contributed by atoms with Crippen molar-refractivity contribution in [3.8, 4) is 5.75 Å². The van der Waals surface area contributed by atoms with Crippen molar-refractivity contribution in [2.45, 2.75) is 19.0 Å². The molecule has 0 bridgehead atoms. The van der Waals surface area contributed by atoms with E-state index < -0.39 is 18.1 Å². The highest BCUT2D eigenvalue weighted by Gasteiger charge is 2.39. The Morgan fingerprint density at radius 2 is 2.15 bits per heavy atom. The molecule has 1 atom stereocenters. The van der Waals surface area contributed by atoms with E-state index in [0.717, 1.165) is 13.1 Å². The van der Waals surface area contributed by atoms with Crippen LogP contribution in [0.3, 0.4) is 0 Å². The number of carboxylic acid groups (broad SMARTS) is 1. The molecule has 0 aromatic carbocycles. The highest BCUT2D eigenvalue weighted by Crippen LogP contribution is 2.40. The van der Waals surface area contributed by atoms with Crippen LogP contribution in [0.2, 0.25) is 0 Å². The van der Waals surface area contributed by atoms with Crippen LogP contribution in [0.1, 0.15) is 28.8 Å². The number of pyridine rings is 1. The summed E-state index contributed by atoms with van der Waals surface area (Å²) in [5.74, 6) is -3.19. The average Bonchev–Trinajstić information content (AvgIpc) is 2.79. The lowest BCUT2D eigenvalue weighted by Gasteiger charge is -2.19. The molecular formula is C12H11F3N2O3. The summed E-state index contributed by atoms with van der Waals surface area (Å²) < 4.78 is 44.7. The maximum Gasteiger partial charge on any atom is 0.395 e. The van der Waals surface area contributed by atoms with Gasteiger partial charge in [-0.15, -0.1) is 0 Å². The fourth-order valence-electron chi connectivity index (χ4n) is 1.95. The minimum Gasteiger partial charge on any atom is -0.494 e. The molecule has 108 valence electrons. The zero-order valence-corrected chi connectivity index (χ0v) is 10.6. The molecular weight excluding hydrogens is 277 g/mol. The number of halogens is 3. The molecule has 1 unspecified atom stereocenters. The quantitative estimate of drug-likeness (QED) is 0.943. The number of carboxylic acids is 1. The molecule has 0 saturated carbocycles. The SMILES string of the molecule is COc1c(C(C)C(F)(F)F)ccn2ncc(C(=O)O)c12. The molecule has 8 heteroatoms. The first-order chi connectivity index (χ1) is 9.27. The van der Waals surface area contributed by atoms with Gasteiger partial charge >= 0.3 is 12.1 Å². The van der Waals surface area contributed by atoms with Gasteiger partial charge < -0.3 is 9.84 Å². The lowest BCUT2D eigenvalue weighted by atomic mass is 9.99. The summed E-state index contributed by atoms with van der Waals surface area (Å²) in [5.41, 5.74) is -0.331. The van der Waals surface area contributed by atoms with Crippen LogP contribution in [0.4, 0.5) is 13.2 Å². The van der Waals surface area contributed by atoms with Gasteiger partial charge in [-0.25, -0.2) is 9.31 Å². The van der Waals surface area contributed by atoms with Gasteiger partial charge in [0.1, 0.15) is 16.8 Å². The van der Waals surface area contributed by atoms with Crippen LogP contribution in [-0.2, 0) is 0 Å². The van der Waals surface area contributed by atoms with Gasteiger partial charge in [-0.3, -0.25) is 0 Å². The molecule has 2 aromatic rings. The third kappa shape index (κ3) is 2.17. The van der Waals surface area contributed by atoms with Gasteiger partial charge in [0, 0.05) is 11.8 Å². The fraction of sp³-hybridized carbons (Fsp3) is 0.333. The van der Waals surface area contributed by atoms with Crippen molar-refractivity contribution in [2.24, 2.45) is 0 Å². The Balaban J connectivity index is 2.75. The Morgan fingerprint density at radius 1 is 1.50 bits per heavy atom. The molecule has 20 heavy (non-hydrogen) atoms. The largest absolute Gasteiger partial charge is 0.494 e. The van der Waals surface area contributed by atoms with Crippen molar-refractivity contribution in [2.75, 3.05) is 7.11 Å². The molecule has 1 N–H and O–H groups in total. The van der Waals surface area contributed by atoms with E-state index in [1.807, 2.05) is 0 Å². The summed E-state index contributed by atoms with van der Waals surface area (Å²) in [6, 6.07) is 1.22. The van der Waals surface area contributed by atoms with Crippen molar-refractivity contribution in [1.29, 1.82) is 0 Å². The van der Waals surface area contributed by atoms with E-state index in [-0.39, 0.29) is 22.4 Å². The fourth-order valence-corrected chi connectivity index (χ4v) is 1.95. The molecule has 5 nitrogen and oxygen atoms in total. The van der Waals surface area contributed by atoms with Crippen LogP contribution in [0.15, 0.2) is 18.5 Å². The lowest BCUT2D eigenvalue weighted by Crippen LogP contribution is -2.19. The second-order valence-electron chi connectivity index (χ2n) is 4.22. The molecule has 2 aromatic heterocycles. The summed E-state index contributed by atoms with van der Waals surface area (Å²) in [5, 5.41) is 12.8. The second-order valence-corrected chi connectivity index (χ2v) is 4.22. The van der Waals surface area contributed by atoms with Gasteiger partial charge in [0.05, 0.1) is 19.2 Å². The average molecular weight is 288 g/mol. The number of nitrogens with zero attached hydrogens (tertiary/aromatic N) is 2. The van der Waals surface area contributed by atoms with Crippen LogP contribution >= 0.6 is 0 Å². The van der Waals surface area contributed by atoms with Gasteiger partial charge in [-0.05, 0) is 13.0 Å². The van der Waals surface area contributed by atoms with Crippen LogP contribution in [0.5, 0.6) is 5.75 Å². The zero-order chi connectivity index (χ0) is 15.1. The number of fused-ring (bicyclic) bond motifs is 1. The monoisotopic (exact) mass is 288 g/mol. The Labute approximate surface area is 111 Å². The lowest BCUT2D eigenvalue weighted by molar-refractivity contribution is -0.146. The normalized spacial score (nSPS) is 13.4. The molecule has 0 aliphatic heterocycles. The standard InChI is InChI=1S/C12H11F3N2O3/c1-6(12(13,14)15)7-3-4-17-9(10(7)20-2)8(5-16-17)11(18)19/h3-6H,1-2H3,(H,18,19). The number of hydrogen-bond acceptors (Lipinski definition) is 3. The highest BCUT2D eigenvalue weighted by molar-refractivity contribution is 5.97. The van der Waals surface area contributed by atoms with E-state index in [2.05, 4.69) is 5.10 Å². The van der Waals surface area contributed by atoms with E-state index in [4.69, 9.17) is 9.84 Å².